The third kappa shape index (κ3) is 3.81. The number of hydrogen-bond donors (Lipinski definition) is 1. The topological polar surface area (TPSA) is 62.3 Å². The molecule has 0 unspecified atom stereocenters. The van der Waals surface area contributed by atoms with Crippen LogP contribution in [0, 0.1) is 0 Å². The molecule has 0 saturated heterocycles. The molecule has 1 rings (SSSR count). The van der Waals surface area contributed by atoms with Crippen molar-refractivity contribution in [3.63, 3.8) is 0 Å². The van der Waals surface area contributed by atoms with Gasteiger partial charge in [-0.1, -0.05) is 25.4 Å². The smallest absolute Gasteiger partial charge is 0.244 e. The predicted molar refractivity (Wildman–Crippen MR) is 78.1 cm³/mol. The van der Waals surface area contributed by atoms with E-state index in [4.69, 9.17) is 11.6 Å². The minimum atomic E-state index is -3.51. The van der Waals surface area contributed by atoms with Crippen LogP contribution in [0.15, 0.2) is 17.2 Å². The third-order valence-electron chi connectivity index (χ3n) is 2.62. The highest BCUT2D eigenvalue weighted by Crippen LogP contribution is 2.24. The summed E-state index contributed by atoms with van der Waals surface area (Å²) in [5.41, 5.74) is 0. The molecule has 0 amide bonds. The van der Waals surface area contributed by atoms with Crippen molar-refractivity contribution in [2.75, 3.05) is 25.0 Å². The zero-order valence-electron chi connectivity index (χ0n) is 11.5. The molecule has 5 nitrogen and oxygen atoms in total. The predicted octanol–water partition coefficient (Wildman–Crippen LogP) is 2.59. The normalized spacial score (nSPS) is 11.8. The first-order chi connectivity index (χ1) is 8.97. The zero-order chi connectivity index (χ0) is 14.5. The van der Waals surface area contributed by atoms with E-state index in [2.05, 4.69) is 10.3 Å². The Morgan fingerprint density at radius 3 is 2.53 bits per heavy atom. The highest BCUT2D eigenvalue weighted by atomic mass is 35.5. The Bertz CT molecular complexity index is 520. The average Bonchev–Trinajstić information content (AvgIpc) is 2.38. The quantitative estimate of drug-likeness (QED) is 0.841. The van der Waals surface area contributed by atoms with Gasteiger partial charge in [0.05, 0.1) is 5.02 Å². The number of nitrogens with zero attached hydrogens (tertiary/aromatic N) is 2. The van der Waals surface area contributed by atoms with Gasteiger partial charge in [-0.15, -0.1) is 0 Å². The minimum Gasteiger partial charge on any atom is -0.369 e. The number of rotatable bonds is 7. The van der Waals surface area contributed by atoms with Crippen molar-refractivity contribution in [3.8, 4) is 0 Å². The van der Waals surface area contributed by atoms with Crippen LogP contribution in [0.25, 0.3) is 0 Å². The summed E-state index contributed by atoms with van der Waals surface area (Å²) >= 11 is 6.03. The maximum atomic E-state index is 12.4. The number of aromatic nitrogens is 1. The summed E-state index contributed by atoms with van der Waals surface area (Å²) in [6.07, 6.45) is 2.11. The second kappa shape index (κ2) is 7.07. The molecule has 1 aromatic heterocycles. The van der Waals surface area contributed by atoms with Crippen LogP contribution in [0.4, 0.5) is 5.82 Å². The molecule has 0 radical (unpaired) electrons. The number of anilines is 1. The summed E-state index contributed by atoms with van der Waals surface area (Å²) in [5.74, 6) is 0.502. The molecular weight excluding hydrogens is 286 g/mol. The molecule has 0 aliphatic carbocycles. The van der Waals surface area contributed by atoms with Gasteiger partial charge in [-0.05, 0) is 19.4 Å². The van der Waals surface area contributed by atoms with Gasteiger partial charge in [0, 0.05) is 25.8 Å². The summed E-state index contributed by atoms with van der Waals surface area (Å²) in [5, 5.41) is 3.29. The van der Waals surface area contributed by atoms with Crippen LogP contribution in [0.3, 0.4) is 0 Å². The van der Waals surface area contributed by atoms with E-state index in [1.165, 1.54) is 16.6 Å². The lowest BCUT2D eigenvalue weighted by Crippen LogP contribution is -2.31. The van der Waals surface area contributed by atoms with E-state index < -0.39 is 10.0 Å². The molecule has 1 N–H and O–H groups in total. The summed E-state index contributed by atoms with van der Waals surface area (Å²) in [6.45, 7) is 7.28. The number of halogens is 1. The summed E-state index contributed by atoms with van der Waals surface area (Å²) in [7, 11) is -3.51. The molecule has 19 heavy (non-hydrogen) atoms. The van der Waals surface area contributed by atoms with Crippen molar-refractivity contribution < 1.29 is 8.42 Å². The fourth-order valence-corrected chi connectivity index (χ4v) is 3.52. The van der Waals surface area contributed by atoms with Gasteiger partial charge in [0.2, 0.25) is 10.0 Å². The third-order valence-corrected chi connectivity index (χ3v) is 4.85. The van der Waals surface area contributed by atoms with E-state index in [-0.39, 0.29) is 4.90 Å². The van der Waals surface area contributed by atoms with Gasteiger partial charge in [-0.2, -0.15) is 4.31 Å². The lowest BCUT2D eigenvalue weighted by atomic mass is 10.4. The Labute approximate surface area is 120 Å². The molecule has 7 heteroatoms. The standard InChI is InChI=1S/C12H20ClN3O2S/c1-4-7-16(6-3)19(17,18)10-8-11(13)12(14-5-2)15-9-10/h8-9H,4-7H2,1-3H3,(H,14,15). The van der Waals surface area contributed by atoms with E-state index in [9.17, 15) is 8.42 Å². The number of sulfonamides is 1. The highest BCUT2D eigenvalue weighted by Gasteiger charge is 2.23. The molecule has 0 aliphatic heterocycles. The highest BCUT2D eigenvalue weighted by molar-refractivity contribution is 7.89. The molecule has 0 aromatic carbocycles. The van der Waals surface area contributed by atoms with Crippen molar-refractivity contribution in [1.82, 2.24) is 9.29 Å². The maximum Gasteiger partial charge on any atom is 0.244 e. The molecule has 0 atom stereocenters. The van der Waals surface area contributed by atoms with Gasteiger partial charge in [-0.25, -0.2) is 13.4 Å². The Balaban J connectivity index is 3.11. The molecule has 0 aliphatic rings. The maximum absolute atomic E-state index is 12.4. The molecule has 0 fully saturated rings. The zero-order valence-corrected chi connectivity index (χ0v) is 13.1. The second-order valence-corrected chi connectivity index (χ2v) is 6.37. The van der Waals surface area contributed by atoms with Crippen molar-refractivity contribution in [2.45, 2.75) is 32.1 Å². The number of pyridine rings is 1. The van der Waals surface area contributed by atoms with Crippen LogP contribution in [0.5, 0.6) is 0 Å². The van der Waals surface area contributed by atoms with Crippen molar-refractivity contribution >= 4 is 27.4 Å². The van der Waals surface area contributed by atoms with E-state index >= 15 is 0 Å². The lowest BCUT2D eigenvalue weighted by Gasteiger charge is -2.19. The Morgan fingerprint density at radius 2 is 2.05 bits per heavy atom. The summed E-state index contributed by atoms with van der Waals surface area (Å²) in [6, 6.07) is 1.44. The number of nitrogens with one attached hydrogen (secondary N) is 1. The largest absolute Gasteiger partial charge is 0.369 e. The van der Waals surface area contributed by atoms with Gasteiger partial charge < -0.3 is 5.32 Å². The molecule has 108 valence electrons. The van der Waals surface area contributed by atoms with Gasteiger partial charge in [0.1, 0.15) is 10.7 Å². The Kier molecular flexibility index (Phi) is 6.03. The average molecular weight is 306 g/mol. The molecule has 1 aromatic rings. The Hall–Kier alpha value is -0.850. The van der Waals surface area contributed by atoms with Crippen molar-refractivity contribution in [3.05, 3.63) is 17.3 Å². The number of hydrogen-bond acceptors (Lipinski definition) is 4. The van der Waals surface area contributed by atoms with E-state index in [0.717, 1.165) is 6.42 Å². The minimum absolute atomic E-state index is 0.134. The van der Waals surface area contributed by atoms with E-state index in [1.807, 2.05) is 20.8 Å². The van der Waals surface area contributed by atoms with Crippen LogP contribution in [-0.2, 0) is 10.0 Å². The van der Waals surface area contributed by atoms with Gasteiger partial charge in [0.15, 0.2) is 0 Å². The van der Waals surface area contributed by atoms with Crippen LogP contribution in [0.1, 0.15) is 27.2 Å². The fourth-order valence-electron chi connectivity index (χ4n) is 1.71. The van der Waals surface area contributed by atoms with Gasteiger partial charge >= 0.3 is 0 Å². The van der Waals surface area contributed by atoms with Crippen LogP contribution >= 0.6 is 11.6 Å². The molecule has 0 spiro atoms. The van der Waals surface area contributed by atoms with Crippen LogP contribution < -0.4 is 5.32 Å². The van der Waals surface area contributed by atoms with Crippen LogP contribution in [-0.4, -0.2) is 37.3 Å². The lowest BCUT2D eigenvalue weighted by molar-refractivity contribution is 0.427. The second-order valence-electron chi connectivity index (χ2n) is 4.03. The van der Waals surface area contributed by atoms with Crippen molar-refractivity contribution in [2.24, 2.45) is 0 Å². The molecule has 0 saturated carbocycles. The SMILES string of the molecule is CCCN(CC)S(=O)(=O)c1cnc(NCC)c(Cl)c1. The first-order valence-corrected chi connectivity index (χ1v) is 8.18. The van der Waals surface area contributed by atoms with Crippen molar-refractivity contribution in [1.29, 1.82) is 0 Å². The molecular formula is C12H20ClN3O2S. The van der Waals surface area contributed by atoms with E-state index in [0.29, 0.717) is 30.5 Å². The summed E-state index contributed by atoms with van der Waals surface area (Å²) < 4.78 is 26.2. The molecule has 1 heterocycles. The monoisotopic (exact) mass is 305 g/mol. The Morgan fingerprint density at radius 1 is 1.37 bits per heavy atom. The summed E-state index contributed by atoms with van der Waals surface area (Å²) in [4.78, 5) is 4.20. The van der Waals surface area contributed by atoms with E-state index in [1.54, 1.807) is 0 Å². The first kappa shape index (κ1) is 16.2. The fraction of sp³-hybridized carbons (Fsp3) is 0.583. The van der Waals surface area contributed by atoms with Gasteiger partial charge in [-0.3, -0.25) is 0 Å². The van der Waals surface area contributed by atoms with Gasteiger partial charge in [0.25, 0.3) is 0 Å². The first-order valence-electron chi connectivity index (χ1n) is 6.36. The molecule has 0 bridgehead atoms. The van der Waals surface area contributed by atoms with Crippen LogP contribution in [0.2, 0.25) is 5.02 Å².